The van der Waals surface area contributed by atoms with Crippen LogP contribution in [0.2, 0.25) is 0 Å². The van der Waals surface area contributed by atoms with Crippen LogP contribution in [0.5, 0.6) is 0 Å². The molecule has 2 aromatic carbocycles. The van der Waals surface area contributed by atoms with Crippen molar-refractivity contribution in [3.8, 4) is 6.07 Å². The minimum atomic E-state index is 0.0488. The number of benzene rings is 2. The molecule has 0 aromatic heterocycles. The van der Waals surface area contributed by atoms with Gasteiger partial charge in [0.15, 0.2) is 0 Å². The van der Waals surface area contributed by atoms with E-state index in [2.05, 4.69) is 33.3 Å². The predicted octanol–water partition coefficient (Wildman–Crippen LogP) is 3.24. The zero-order chi connectivity index (χ0) is 20.8. The number of piperidine rings is 1. The van der Waals surface area contributed by atoms with Gasteiger partial charge in [-0.1, -0.05) is 30.3 Å². The number of rotatable bonds is 6. The second-order valence-electron chi connectivity index (χ2n) is 7.85. The molecular weight excluding hydrogens is 374 g/mol. The minimum absolute atomic E-state index is 0.0488. The van der Waals surface area contributed by atoms with E-state index in [0.29, 0.717) is 18.8 Å². The Morgan fingerprint density at radius 2 is 1.80 bits per heavy atom. The number of para-hydroxylation sites is 1. The average Bonchev–Trinajstić information content (AvgIpc) is 3.21. The number of carbonyl (C=O) groups is 1. The molecule has 2 aliphatic rings. The van der Waals surface area contributed by atoms with E-state index in [9.17, 15) is 4.79 Å². The highest BCUT2D eigenvalue weighted by molar-refractivity contribution is 5.79. The number of hydrogen-bond acceptors (Lipinski definition) is 5. The quantitative estimate of drug-likeness (QED) is 0.805. The molecule has 2 aliphatic heterocycles. The maximum absolute atomic E-state index is 12.7. The Labute approximate surface area is 178 Å². The lowest BCUT2D eigenvalue weighted by Crippen LogP contribution is -2.52. The highest BCUT2D eigenvalue weighted by atomic mass is 16.2. The van der Waals surface area contributed by atoms with Gasteiger partial charge in [-0.05, 0) is 49.1 Å². The molecule has 1 saturated heterocycles. The number of nitrogens with one attached hydrogen (secondary N) is 1. The van der Waals surface area contributed by atoms with Crippen LogP contribution in [-0.4, -0.2) is 41.6 Å². The van der Waals surface area contributed by atoms with Gasteiger partial charge in [-0.15, -0.1) is 0 Å². The molecule has 1 atom stereocenters. The summed E-state index contributed by atoms with van der Waals surface area (Å²) in [5.74, 6) is 0.0488. The summed E-state index contributed by atoms with van der Waals surface area (Å²) in [5, 5.41) is 12.1. The molecule has 1 N–H and O–H groups in total. The number of amides is 1. The third-order valence-electron chi connectivity index (χ3n) is 5.59. The van der Waals surface area contributed by atoms with Crippen LogP contribution in [0.4, 0.5) is 5.69 Å². The first-order chi connectivity index (χ1) is 14.7. The van der Waals surface area contributed by atoms with E-state index in [-0.39, 0.29) is 12.1 Å². The molecule has 0 radical (unpaired) electrons. The zero-order valence-corrected chi connectivity index (χ0v) is 17.1. The largest absolute Gasteiger partial charge is 0.354 e. The minimum Gasteiger partial charge on any atom is -0.354 e. The first-order valence-corrected chi connectivity index (χ1v) is 10.5. The third kappa shape index (κ3) is 4.93. The zero-order valence-electron chi connectivity index (χ0n) is 17.1. The number of nitriles is 1. The first-order valence-electron chi connectivity index (χ1n) is 10.5. The monoisotopic (exact) mass is 401 g/mol. The number of nitrogens with zero attached hydrogens (tertiary/aromatic N) is 4. The Balaban J connectivity index is 1.28. The maximum atomic E-state index is 12.7. The van der Waals surface area contributed by atoms with Gasteiger partial charge in [0.1, 0.15) is 6.17 Å². The van der Waals surface area contributed by atoms with Crippen LogP contribution in [-0.2, 0) is 11.3 Å². The molecule has 6 nitrogen and oxygen atoms in total. The summed E-state index contributed by atoms with van der Waals surface area (Å²) >= 11 is 0. The van der Waals surface area contributed by atoms with E-state index in [0.717, 1.165) is 43.6 Å². The van der Waals surface area contributed by atoms with E-state index in [1.54, 1.807) is 0 Å². The molecule has 30 heavy (non-hydrogen) atoms. The first kappa shape index (κ1) is 19.8. The van der Waals surface area contributed by atoms with Crippen molar-refractivity contribution in [1.29, 1.82) is 5.26 Å². The molecule has 154 valence electrons. The van der Waals surface area contributed by atoms with E-state index >= 15 is 0 Å². The van der Waals surface area contributed by atoms with Gasteiger partial charge in [-0.2, -0.15) is 5.26 Å². The normalized spacial score (nSPS) is 18.4. The molecular formula is C24H27N5O. The smallest absolute Gasteiger partial charge is 0.241 e. The summed E-state index contributed by atoms with van der Waals surface area (Å²) in [6, 6.07) is 20.1. The van der Waals surface area contributed by atoms with Crippen LogP contribution in [0.15, 0.2) is 67.0 Å². The van der Waals surface area contributed by atoms with Crippen LogP contribution >= 0.6 is 0 Å². The Kier molecular flexibility index (Phi) is 6.19. The van der Waals surface area contributed by atoms with Gasteiger partial charge >= 0.3 is 0 Å². The summed E-state index contributed by atoms with van der Waals surface area (Å²) in [6.45, 7) is 2.75. The van der Waals surface area contributed by atoms with Gasteiger partial charge in [-0.25, -0.2) is 0 Å². The van der Waals surface area contributed by atoms with Crippen LogP contribution in [0.1, 0.15) is 30.4 Å². The van der Waals surface area contributed by atoms with Gasteiger partial charge in [-0.3, -0.25) is 4.79 Å². The van der Waals surface area contributed by atoms with Crippen molar-refractivity contribution in [3.63, 3.8) is 0 Å². The van der Waals surface area contributed by atoms with Gasteiger partial charge < -0.3 is 20.0 Å². The fourth-order valence-corrected chi connectivity index (χ4v) is 4.07. The van der Waals surface area contributed by atoms with Gasteiger partial charge in [0.25, 0.3) is 0 Å². The lowest BCUT2D eigenvalue weighted by Gasteiger charge is -2.38. The van der Waals surface area contributed by atoms with E-state index in [1.165, 1.54) is 0 Å². The average molecular weight is 402 g/mol. The van der Waals surface area contributed by atoms with Crippen molar-refractivity contribution in [3.05, 3.63) is 78.1 Å². The molecule has 1 unspecified atom stereocenters. The highest BCUT2D eigenvalue weighted by Crippen LogP contribution is 2.23. The molecule has 0 aliphatic carbocycles. The molecule has 1 amide bonds. The van der Waals surface area contributed by atoms with Crippen LogP contribution in [0.25, 0.3) is 0 Å². The molecule has 4 rings (SSSR count). The molecule has 0 spiro atoms. The van der Waals surface area contributed by atoms with Crippen LogP contribution < -0.4 is 10.2 Å². The summed E-state index contributed by atoms with van der Waals surface area (Å²) in [7, 11) is 0. The fourth-order valence-electron chi connectivity index (χ4n) is 4.07. The van der Waals surface area contributed by atoms with Crippen LogP contribution in [0.3, 0.4) is 0 Å². The van der Waals surface area contributed by atoms with Crippen molar-refractivity contribution in [2.45, 2.75) is 32.0 Å². The van der Waals surface area contributed by atoms with Crippen molar-refractivity contribution in [2.75, 3.05) is 24.7 Å². The van der Waals surface area contributed by atoms with Crippen LogP contribution in [0, 0.1) is 11.3 Å². The number of hydrogen-bond donors (Lipinski definition) is 1. The SMILES string of the molecule is N#Cc1ccc(CN2C=CN(CC(=O)NC3CCCCN3c3ccccc3)C2)cc1. The molecule has 2 aromatic rings. The van der Waals surface area contributed by atoms with Gasteiger partial charge in [0.05, 0.1) is 24.8 Å². The molecule has 0 saturated carbocycles. The Hall–Kier alpha value is -3.46. The second-order valence-corrected chi connectivity index (χ2v) is 7.85. The highest BCUT2D eigenvalue weighted by Gasteiger charge is 2.25. The van der Waals surface area contributed by atoms with Crippen molar-refractivity contribution in [1.82, 2.24) is 15.1 Å². The van der Waals surface area contributed by atoms with Crippen molar-refractivity contribution >= 4 is 11.6 Å². The molecule has 1 fully saturated rings. The van der Waals surface area contributed by atoms with Crippen molar-refractivity contribution < 1.29 is 4.79 Å². The number of carbonyl (C=O) groups excluding carboxylic acids is 1. The van der Waals surface area contributed by atoms with E-state index in [4.69, 9.17) is 5.26 Å². The lowest BCUT2D eigenvalue weighted by atomic mass is 10.1. The van der Waals surface area contributed by atoms with E-state index in [1.807, 2.05) is 59.8 Å². The maximum Gasteiger partial charge on any atom is 0.241 e. The standard InChI is InChI=1S/C24H27N5O/c25-16-20-9-11-21(12-10-20)17-27-14-15-28(19-27)18-24(30)26-23-8-4-5-13-29(23)22-6-2-1-3-7-22/h1-3,6-7,9-12,14-15,23H,4-5,8,13,17-19H2,(H,26,30). The summed E-state index contributed by atoms with van der Waals surface area (Å²) in [5.41, 5.74) is 2.98. The van der Waals surface area contributed by atoms with E-state index < -0.39 is 0 Å². The van der Waals surface area contributed by atoms with Crippen molar-refractivity contribution in [2.24, 2.45) is 0 Å². The predicted molar refractivity (Wildman–Crippen MR) is 117 cm³/mol. The van der Waals surface area contributed by atoms with Gasteiger partial charge in [0, 0.05) is 31.2 Å². The Bertz CT molecular complexity index is 919. The molecule has 6 heteroatoms. The summed E-state index contributed by atoms with van der Waals surface area (Å²) < 4.78 is 0. The third-order valence-corrected chi connectivity index (χ3v) is 5.59. The Morgan fingerprint density at radius 1 is 1.03 bits per heavy atom. The topological polar surface area (TPSA) is 62.6 Å². The molecule has 2 heterocycles. The summed E-state index contributed by atoms with van der Waals surface area (Å²) in [6.07, 6.45) is 7.30. The lowest BCUT2D eigenvalue weighted by molar-refractivity contribution is -0.122. The number of anilines is 1. The van der Waals surface area contributed by atoms with Gasteiger partial charge in [0.2, 0.25) is 5.91 Å². The Morgan fingerprint density at radius 3 is 2.57 bits per heavy atom. The summed E-state index contributed by atoms with van der Waals surface area (Å²) in [4.78, 5) is 19.2. The fraction of sp³-hybridized carbons (Fsp3) is 0.333. The second kappa shape index (κ2) is 9.36. The molecule has 0 bridgehead atoms.